The maximum Gasteiger partial charge on any atom is 0.407 e. The van der Waals surface area contributed by atoms with Gasteiger partial charge in [-0.1, -0.05) is 50.2 Å². The highest BCUT2D eigenvalue weighted by molar-refractivity contribution is 5.96. The number of aromatic amines is 1. The summed E-state index contributed by atoms with van der Waals surface area (Å²) in [4.78, 5) is 38.4. The number of nitrogens with one attached hydrogen (secondary N) is 1. The zero-order valence-electron chi connectivity index (χ0n) is 24.8. The maximum atomic E-state index is 16.2. The third-order valence-corrected chi connectivity index (χ3v) is 8.30. The van der Waals surface area contributed by atoms with E-state index < -0.39 is 17.6 Å². The Labute approximate surface area is 252 Å². The van der Waals surface area contributed by atoms with Crippen LogP contribution in [-0.4, -0.2) is 78.2 Å². The molecule has 1 aliphatic rings. The van der Waals surface area contributed by atoms with E-state index >= 15 is 4.39 Å². The monoisotopic (exact) mass is 599 g/mol. The third kappa shape index (κ3) is 5.04. The summed E-state index contributed by atoms with van der Waals surface area (Å²) in [5, 5.41) is 27.3. The van der Waals surface area contributed by atoms with Gasteiger partial charge in [-0.2, -0.15) is 10.1 Å². The summed E-state index contributed by atoms with van der Waals surface area (Å²) in [6, 6.07) is 12.3. The second-order valence-electron chi connectivity index (χ2n) is 11.5. The van der Waals surface area contributed by atoms with Gasteiger partial charge in [0.2, 0.25) is 0 Å². The van der Waals surface area contributed by atoms with Crippen molar-refractivity contribution in [2.75, 3.05) is 31.1 Å². The number of amides is 1. The number of para-hydroxylation sites is 2. The zero-order chi connectivity index (χ0) is 31.1. The van der Waals surface area contributed by atoms with Crippen molar-refractivity contribution < 1.29 is 19.4 Å². The minimum atomic E-state index is -1.02. The summed E-state index contributed by atoms with van der Waals surface area (Å²) < 4.78 is 17.7. The van der Waals surface area contributed by atoms with Gasteiger partial charge in [0, 0.05) is 43.2 Å². The molecule has 44 heavy (non-hydrogen) atoms. The topological polar surface area (TPSA) is 140 Å². The van der Waals surface area contributed by atoms with Crippen LogP contribution in [0.3, 0.4) is 0 Å². The molecule has 1 aliphatic heterocycles. The fraction of sp³-hybridized carbons (Fsp3) is 0.344. The highest BCUT2D eigenvalue weighted by atomic mass is 19.1. The van der Waals surface area contributed by atoms with Crippen LogP contribution in [-0.2, 0) is 6.42 Å². The predicted octanol–water partition coefficient (Wildman–Crippen LogP) is 4.70. The molecule has 1 fully saturated rings. The van der Waals surface area contributed by atoms with Crippen LogP contribution in [0.5, 0.6) is 0 Å². The number of halogens is 1. The molecule has 1 amide bonds. The van der Waals surface area contributed by atoms with Gasteiger partial charge in [-0.15, -0.1) is 0 Å². The number of aliphatic hydroxyl groups excluding tert-OH is 1. The van der Waals surface area contributed by atoms with Crippen molar-refractivity contribution in [1.29, 1.82) is 0 Å². The van der Waals surface area contributed by atoms with Crippen LogP contribution in [0.4, 0.5) is 15.0 Å². The first kappa shape index (κ1) is 29.2. The summed E-state index contributed by atoms with van der Waals surface area (Å²) >= 11 is 0. The van der Waals surface area contributed by atoms with Gasteiger partial charge in [-0.05, 0) is 42.9 Å². The van der Waals surface area contributed by atoms with E-state index in [1.807, 2.05) is 49.9 Å². The molecule has 3 aromatic heterocycles. The lowest BCUT2D eigenvalue weighted by molar-refractivity contribution is 0.136. The molecule has 1 atom stereocenters. The number of piperazine rings is 1. The lowest BCUT2D eigenvalue weighted by Gasteiger charge is -2.39. The van der Waals surface area contributed by atoms with E-state index in [1.54, 1.807) is 18.3 Å². The Bertz CT molecular complexity index is 1940. The summed E-state index contributed by atoms with van der Waals surface area (Å²) in [6.45, 7) is 6.60. The second kappa shape index (κ2) is 11.7. The lowest BCUT2D eigenvalue weighted by Crippen LogP contribution is -2.54. The number of carbonyl (C=O) groups is 1. The van der Waals surface area contributed by atoms with Gasteiger partial charge < -0.3 is 20.0 Å². The molecule has 0 bridgehead atoms. The Morgan fingerprint density at radius 3 is 2.68 bits per heavy atom. The van der Waals surface area contributed by atoms with E-state index in [0.717, 1.165) is 16.5 Å². The van der Waals surface area contributed by atoms with Gasteiger partial charge in [-0.3, -0.25) is 5.10 Å². The van der Waals surface area contributed by atoms with Crippen LogP contribution in [0.2, 0.25) is 0 Å². The van der Waals surface area contributed by atoms with Crippen molar-refractivity contribution in [2.45, 2.75) is 45.6 Å². The number of anilines is 1. The number of aromatic nitrogens is 5. The number of benzene rings is 2. The summed E-state index contributed by atoms with van der Waals surface area (Å²) in [5.74, 6) is -0.304. The minimum Gasteiger partial charge on any atom is -0.465 e. The van der Waals surface area contributed by atoms with Crippen LogP contribution in [0.25, 0.3) is 38.9 Å². The average molecular weight is 600 g/mol. The Kier molecular flexibility index (Phi) is 7.76. The van der Waals surface area contributed by atoms with E-state index in [9.17, 15) is 19.8 Å². The molecule has 0 radical (unpaired) electrons. The highest BCUT2D eigenvalue weighted by Gasteiger charge is 2.31. The van der Waals surface area contributed by atoms with Crippen molar-refractivity contribution in [3.8, 4) is 16.9 Å². The maximum absolute atomic E-state index is 16.2. The molecule has 0 aliphatic carbocycles. The smallest absolute Gasteiger partial charge is 0.407 e. The minimum absolute atomic E-state index is 0.0137. The average Bonchev–Trinajstić information content (AvgIpc) is 3.49. The first-order valence-corrected chi connectivity index (χ1v) is 14.7. The van der Waals surface area contributed by atoms with Gasteiger partial charge in [0.1, 0.15) is 17.3 Å². The number of carboxylic acid groups (broad SMARTS) is 1. The normalized spacial score (nSPS) is 15.5. The van der Waals surface area contributed by atoms with Crippen LogP contribution in [0, 0.1) is 5.82 Å². The highest BCUT2D eigenvalue weighted by Crippen LogP contribution is 2.35. The molecule has 1 saturated heterocycles. The van der Waals surface area contributed by atoms with Crippen molar-refractivity contribution in [2.24, 2.45) is 0 Å². The summed E-state index contributed by atoms with van der Waals surface area (Å²) in [7, 11) is 0. The molecule has 3 N–H and O–H groups in total. The molecule has 11 nitrogen and oxygen atoms in total. The fourth-order valence-corrected chi connectivity index (χ4v) is 6.15. The van der Waals surface area contributed by atoms with Crippen LogP contribution < -0.4 is 10.6 Å². The third-order valence-electron chi connectivity index (χ3n) is 8.30. The molecule has 2 aromatic carbocycles. The Morgan fingerprint density at radius 2 is 1.95 bits per heavy atom. The number of hydrogen-bond acceptors (Lipinski definition) is 7. The van der Waals surface area contributed by atoms with E-state index in [2.05, 4.69) is 15.2 Å². The van der Waals surface area contributed by atoms with E-state index in [-0.39, 0.29) is 55.4 Å². The predicted molar refractivity (Wildman–Crippen MR) is 166 cm³/mol. The first-order chi connectivity index (χ1) is 21.2. The Morgan fingerprint density at radius 1 is 1.16 bits per heavy atom. The largest absolute Gasteiger partial charge is 0.465 e. The number of rotatable bonds is 7. The Hall–Kier alpha value is -4.84. The van der Waals surface area contributed by atoms with Crippen molar-refractivity contribution in [1.82, 2.24) is 29.6 Å². The first-order valence-electron chi connectivity index (χ1n) is 14.7. The van der Waals surface area contributed by atoms with Crippen molar-refractivity contribution in [3.63, 3.8) is 0 Å². The number of nitrogens with zero attached hydrogens (tertiary/aromatic N) is 6. The molecular weight excluding hydrogens is 565 g/mol. The van der Waals surface area contributed by atoms with E-state index in [0.29, 0.717) is 35.0 Å². The fourth-order valence-electron chi connectivity index (χ4n) is 6.15. The molecular formula is C32H34FN7O4. The lowest BCUT2D eigenvalue weighted by atomic mass is 9.95. The van der Waals surface area contributed by atoms with Gasteiger partial charge in [0.05, 0.1) is 22.8 Å². The number of aliphatic hydroxyl groups is 1. The number of aryl methyl sites for hydroxylation is 1. The summed E-state index contributed by atoms with van der Waals surface area (Å²) in [5.41, 5.74) is 3.19. The van der Waals surface area contributed by atoms with Crippen molar-refractivity contribution in [3.05, 3.63) is 76.1 Å². The SMILES string of the molecule is CC(C)c1cccc(CCCO)c1-n1c(=O)nc(N2CCN(C(=O)O)CC2C)c2cc(F)c(-c3cccc4cn[nH]c34)nc21. The molecule has 6 rings (SSSR count). The van der Waals surface area contributed by atoms with Gasteiger partial charge in [-0.25, -0.2) is 23.5 Å². The van der Waals surface area contributed by atoms with Gasteiger partial charge in [0.15, 0.2) is 5.65 Å². The molecule has 1 unspecified atom stereocenters. The van der Waals surface area contributed by atoms with Gasteiger partial charge in [0.25, 0.3) is 0 Å². The Balaban J connectivity index is 1.67. The standard InChI is InChI=1S/C32H34FN7O4/c1-18(2)22-10-4-7-20(9-6-14-41)28(22)40-30-24(29(36-31(40)42)39-13-12-38(32(43)44)17-19(39)3)15-25(33)27(35-30)23-11-5-8-21-16-34-37-26(21)23/h4-5,7-8,10-11,15-16,18-19,41H,6,9,12-14,17H2,1-3H3,(H,34,37)(H,43,44). The number of hydrogen-bond donors (Lipinski definition) is 3. The second-order valence-corrected chi connectivity index (χ2v) is 11.5. The number of fused-ring (bicyclic) bond motifs is 2. The molecule has 12 heteroatoms. The molecule has 0 saturated carbocycles. The van der Waals surface area contributed by atoms with Gasteiger partial charge >= 0.3 is 11.8 Å². The van der Waals surface area contributed by atoms with E-state index in [1.165, 1.54) is 15.5 Å². The van der Waals surface area contributed by atoms with Crippen LogP contribution in [0.1, 0.15) is 44.2 Å². The summed E-state index contributed by atoms with van der Waals surface area (Å²) in [6.07, 6.45) is 1.64. The molecule has 228 valence electrons. The number of pyridine rings is 1. The molecule has 5 aromatic rings. The quantitative estimate of drug-likeness (QED) is 0.245. The number of H-pyrrole nitrogens is 1. The van der Waals surface area contributed by atoms with E-state index in [4.69, 9.17) is 4.98 Å². The molecule has 0 spiro atoms. The van der Waals surface area contributed by atoms with Crippen molar-refractivity contribution >= 4 is 33.8 Å². The zero-order valence-corrected chi connectivity index (χ0v) is 24.8. The van der Waals surface area contributed by atoms with Crippen LogP contribution >= 0.6 is 0 Å². The van der Waals surface area contributed by atoms with Crippen LogP contribution in [0.15, 0.2) is 53.5 Å². The molecule has 4 heterocycles.